The Morgan fingerprint density at radius 2 is 1.50 bits per heavy atom. The molecule has 0 radical (unpaired) electrons. The summed E-state index contributed by atoms with van der Waals surface area (Å²) in [6, 6.07) is 20.3. The first-order valence-corrected chi connectivity index (χ1v) is 6.99. The van der Waals surface area contributed by atoms with Crippen molar-refractivity contribution in [1.82, 2.24) is 9.97 Å². The van der Waals surface area contributed by atoms with E-state index in [1.54, 1.807) is 6.07 Å². The number of nitrogens with two attached hydrogens (primary N) is 2. The van der Waals surface area contributed by atoms with Crippen molar-refractivity contribution in [2.45, 2.75) is 6.54 Å². The van der Waals surface area contributed by atoms with Crippen molar-refractivity contribution in [3.63, 3.8) is 0 Å². The van der Waals surface area contributed by atoms with E-state index in [9.17, 15) is 0 Å². The van der Waals surface area contributed by atoms with Crippen LogP contribution in [0.15, 0.2) is 60.7 Å². The molecule has 5 N–H and O–H groups in total. The lowest BCUT2D eigenvalue weighted by Crippen LogP contribution is -2.06. The van der Waals surface area contributed by atoms with Crippen molar-refractivity contribution in [3.05, 3.63) is 66.2 Å². The molecule has 0 aliphatic carbocycles. The van der Waals surface area contributed by atoms with Gasteiger partial charge in [0.2, 0.25) is 5.95 Å². The average molecular weight is 291 g/mol. The third-order valence-electron chi connectivity index (χ3n) is 3.30. The van der Waals surface area contributed by atoms with E-state index in [0.29, 0.717) is 18.2 Å². The summed E-state index contributed by atoms with van der Waals surface area (Å²) in [5, 5.41) is 3.19. The number of hydrogen-bond acceptors (Lipinski definition) is 5. The Morgan fingerprint density at radius 1 is 0.818 bits per heavy atom. The van der Waals surface area contributed by atoms with E-state index in [0.717, 1.165) is 5.56 Å². The largest absolute Gasteiger partial charge is 0.383 e. The van der Waals surface area contributed by atoms with Gasteiger partial charge in [0.15, 0.2) is 0 Å². The van der Waals surface area contributed by atoms with Crippen LogP contribution in [0, 0.1) is 0 Å². The van der Waals surface area contributed by atoms with Gasteiger partial charge in [0, 0.05) is 12.6 Å². The van der Waals surface area contributed by atoms with Crippen molar-refractivity contribution in [2.24, 2.45) is 0 Å². The number of hydrogen-bond donors (Lipinski definition) is 3. The Hall–Kier alpha value is -3.08. The van der Waals surface area contributed by atoms with Crippen molar-refractivity contribution in [1.29, 1.82) is 0 Å². The van der Waals surface area contributed by atoms with Gasteiger partial charge in [0.25, 0.3) is 0 Å². The van der Waals surface area contributed by atoms with Crippen molar-refractivity contribution in [3.8, 4) is 11.1 Å². The van der Waals surface area contributed by atoms with E-state index in [1.807, 2.05) is 18.2 Å². The Morgan fingerprint density at radius 3 is 2.18 bits per heavy atom. The molecule has 0 spiro atoms. The molecule has 0 aliphatic rings. The second-order valence-electron chi connectivity index (χ2n) is 4.95. The van der Waals surface area contributed by atoms with Gasteiger partial charge in [-0.3, -0.25) is 0 Å². The molecule has 3 rings (SSSR count). The molecule has 1 aromatic heterocycles. The highest BCUT2D eigenvalue weighted by atomic mass is 15.1. The summed E-state index contributed by atoms with van der Waals surface area (Å²) in [5.74, 6) is 1.15. The second kappa shape index (κ2) is 6.13. The summed E-state index contributed by atoms with van der Waals surface area (Å²) in [4.78, 5) is 7.93. The normalized spacial score (nSPS) is 10.4. The van der Waals surface area contributed by atoms with E-state index in [1.165, 1.54) is 11.1 Å². The lowest BCUT2D eigenvalue weighted by molar-refractivity contribution is 1.09. The molecule has 0 saturated carbocycles. The van der Waals surface area contributed by atoms with E-state index < -0.39 is 0 Å². The average Bonchev–Trinajstić information content (AvgIpc) is 2.53. The first-order chi connectivity index (χ1) is 10.7. The van der Waals surface area contributed by atoms with E-state index in [-0.39, 0.29) is 5.95 Å². The number of benzene rings is 2. The van der Waals surface area contributed by atoms with E-state index in [2.05, 4.69) is 51.7 Å². The second-order valence-corrected chi connectivity index (χ2v) is 4.95. The van der Waals surface area contributed by atoms with Crippen LogP contribution in [0.1, 0.15) is 5.56 Å². The molecular formula is C17H17N5. The molecule has 0 atom stereocenters. The minimum absolute atomic E-state index is 0.168. The molecule has 3 aromatic rings. The third kappa shape index (κ3) is 3.32. The predicted molar refractivity (Wildman–Crippen MR) is 90.1 cm³/mol. The fourth-order valence-electron chi connectivity index (χ4n) is 2.21. The molecule has 0 unspecified atom stereocenters. The molecule has 5 heteroatoms. The summed E-state index contributed by atoms with van der Waals surface area (Å²) in [6.45, 7) is 0.644. The van der Waals surface area contributed by atoms with Gasteiger partial charge in [-0.05, 0) is 16.7 Å². The fourth-order valence-corrected chi connectivity index (χ4v) is 2.21. The lowest BCUT2D eigenvalue weighted by atomic mass is 10.0. The zero-order valence-corrected chi connectivity index (χ0v) is 12.0. The van der Waals surface area contributed by atoms with Gasteiger partial charge < -0.3 is 16.8 Å². The van der Waals surface area contributed by atoms with Crippen LogP contribution in [-0.4, -0.2) is 9.97 Å². The maximum atomic E-state index is 5.64. The monoisotopic (exact) mass is 291 g/mol. The Bertz CT molecular complexity index is 734. The van der Waals surface area contributed by atoms with Crippen molar-refractivity contribution in [2.75, 3.05) is 16.8 Å². The fraction of sp³-hybridized carbons (Fsp3) is 0.0588. The maximum Gasteiger partial charge on any atom is 0.223 e. The van der Waals surface area contributed by atoms with Crippen LogP contribution in [0.2, 0.25) is 0 Å². The molecular weight excluding hydrogens is 274 g/mol. The minimum atomic E-state index is 0.168. The molecule has 1 heterocycles. The van der Waals surface area contributed by atoms with Gasteiger partial charge in [0.1, 0.15) is 11.6 Å². The van der Waals surface area contributed by atoms with Crippen LogP contribution in [0.4, 0.5) is 17.6 Å². The van der Waals surface area contributed by atoms with Gasteiger partial charge in [-0.2, -0.15) is 9.97 Å². The first-order valence-electron chi connectivity index (χ1n) is 6.99. The smallest absolute Gasteiger partial charge is 0.223 e. The highest BCUT2D eigenvalue weighted by Gasteiger charge is 2.01. The van der Waals surface area contributed by atoms with Gasteiger partial charge in [-0.15, -0.1) is 0 Å². The van der Waals surface area contributed by atoms with Gasteiger partial charge >= 0.3 is 0 Å². The summed E-state index contributed by atoms with van der Waals surface area (Å²) in [6.07, 6.45) is 0. The summed E-state index contributed by atoms with van der Waals surface area (Å²) in [5.41, 5.74) is 14.8. The molecule has 22 heavy (non-hydrogen) atoms. The molecule has 0 amide bonds. The predicted octanol–water partition coefficient (Wildman–Crippen LogP) is 2.92. The van der Waals surface area contributed by atoms with Crippen LogP contribution in [-0.2, 0) is 6.54 Å². The molecule has 0 fully saturated rings. The number of nitrogens with one attached hydrogen (secondary N) is 1. The van der Waals surface area contributed by atoms with E-state index in [4.69, 9.17) is 11.5 Å². The molecule has 110 valence electrons. The molecule has 0 aliphatic heterocycles. The zero-order valence-electron chi connectivity index (χ0n) is 12.0. The maximum absolute atomic E-state index is 5.64. The number of rotatable bonds is 4. The summed E-state index contributed by atoms with van der Waals surface area (Å²) >= 11 is 0. The highest BCUT2D eigenvalue weighted by Crippen LogP contribution is 2.19. The standard InChI is InChI=1S/C17H17N5/c18-15-10-16(22-17(19)21-15)20-11-12-6-8-14(9-7-12)13-4-2-1-3-5-13/h1-10H,11H2,(H5,18,19,20,21,22). The number of nitrogens with zero attached hydrogens (tertiary/aromatic N) is 2. The van der Waals surface area contributed by atoms with Crippen LogP contribution in [0.25, 0.3) is 11.1 Å². The SMILES string of the molecule is Nc1cc(NCc2ccc(-c3ccccc3)cc2)nc(N)n1. The number of anilines is 3. The summed E-state index contributed by atoms with van der Waals surface area (Å²) < 4.78 is 0. The highest BCUT2D eigenvalue weighted by molar-refractivity contribution is 5.63. The van der Waals surface area contributed by atoms with Crippen LogP contribution >= 0.6 is 0 Å². The quantitative estimate of drug-likeness (QED) is 0.687. The Kier molecular flexibility index (Phi) is 3.87. The van der Waals surface area contributed by atoms with Gasteiger partial charge in [0.05, 0.1) is 0 Å². The van der Waals surface area contributed by atoms with Crippen LogP contribution in [0.5, 0.6) is 0 Å². The zero-order chi connectivity index (χ0) is 15.4. The van der Waals surface area contributed by atoms with Gasteiger partial charge in [-0.25, -0.2) is 0 Å². The summed E-state index contributed by atoms with van der Waals surface area (Å²) in [7, 11) is 0. The van der Waals surface area contributed by atoms with E-state index >= 15 is 0 Å². The number of aromatic nitrogens is 2. The molecule has 5 nitrogen and oxygen atoms in total. The number of nitrogen functional groups attached to an aromatic ring is 2. The topological polar surface area (TPSA) is 89.8 Å². The van der Waals surface area contributed by atoms with Crippen LogP contribution in [0.3, 0.4) is 0 Å². The molecule has 0 bridgehead atoms. The third-order valence-corrected chi connectivity index (χ3v) is 3.30. The van der Waals surface area contributed by atoms with Gasteiger partial charge in [-0.1, -0.05) is 54.6 Å². The van der Waals surface area contributed by atoms with Crippen molar-refractivity contribution >= 4 is 17.6 Å². The molecule has 0 saturated heterocycles. The Labute approximate surface area is 129 Å². The Balaban J connectivity index is 1.69. The van der Waals surface area contributed by atoms with Crippen molar-refractivity contribution < 1.29 is 0 Å². The first kappa shape index (κ1) is 13.9. The molecule has 2 aromatic carbocycles. The van der Waals surface area contributed by atoms with Crippen LogP contribution < -0.4 is 16.8 Å². The minimum Gasteiger partial charge on any atom is -0.383 e. The lowest BCUT2D eigenvalue weighted by Gasteiger charge is -2.08.